The van der Waals surface area contributed by atoms with E-state index in [1.54, 1.807) is 21.3 Å². The fraction of sp³-hybridized carbons (Fsp3) is 1.00. The zero-order chi connectivity index (χ0) is 21.9. The zero-order valence-electron chi connectivity index (χ0n) is 19.2. The number of methoxy groups -OCH3 is 3. The summed E-state index contributed by atoms with van der Waals surface area (Å²) in [6, 6.07) is 0.0561. The highest BCUT2D eigenvalue weighted by Gasteiger charge is 2.86. The maximum atomic E-state index is 12.5. The van der Waals surface area contributed by atoms with Crippen LogP contribution >= 0.6 is 0 Å². The Balaban J connectivity index is 1.62. The topological polar surface area (TPSA) is 91.6 Å². The lowest BCUT2D eigenvalue weighted by Gasteiger charge is -2.68. The predicted molar refractivity (Wildman–Crippen MR) is 112 cm³/mol. The average molecular weight is 438 g/mol. The first-order valence-corrected chi connectivity index (χ1v) is 12.2. The minimum Gasteiger partial charge on any atom is -0.392 e. The summed E-state index contributed by atoms with van der Waals surface area (Å²) in [6.07, 6.45) is 1.65. The van der Waals surface area contributed by atoms with Gasteiger partial charge in [-0.25, -0.2) is 0 Å². The third-order valence-corrected chi connectivity index (χ3v) is 11.1. The predicted octanol–water partition coefficient (Wildman–Crippen LogP) is 0.502. The Kier molecular flexibility index (Phi) is 4.56. The van der Waals surface area contributed by atoms with Crippen LogP contribution in [0.5, 0.6) is 0 Å². The molecular weight excluding hydrogens is 398 g/mol. The Labute approximate surface area is 185 Å². The molecule has 1 spiro atoms. The third kappa shape index (κ3) is 2.12. The van der Waals surface area contributed by atoms with Crippen LogP contribution < -0.4 is 0 Å². The summed E-state index contributed by atoms with van der Waals surface area (Å²) in [5.41, 5.74) is -1.54. The fourth-order valence-corrected chi connectivity index (χ4v) is 10.7. The van der Waals surface area contributed by atoms with E-state index in [9.17, 15) is 15.3 Å². The van der Waals surface area contributed by atoms with E-state index < -0.39 is 17.8 Å². The molecule has 7 nitrogen and oxygen atoms in total. The van der Waals surface area contributed by atoms with Crippen molar-refractivity contribution < 1.29 is 29.5 Å². The van der Waals surface area contributed by atoms with Gasteiger partial charge in [0.1, 0.15) is 0 Å². The van der Waals surface area contributed by atoms with Gasteiger partial charge in [0.15, 0.2) is 0 Å². The van der Waals surface area contributed by atoms with Crippen LogP contribution in [-0.2, 0) is 14.2 Å². The Morgan fingerprint density at radius 1 is 1.10 bits per heavy atom. The monoisotopic (exact) mass is 437 g/mol. The van der Waals surface area contributed by atoms with E-state index in [1.807, 2.05) is 0 Å². The van der Waals surface area contributed by atoms with Crippen LogP contribution in [0.4, 0.5) is 0 Å². The molecule has 0 amide bonds. The summed E-state index contributed by atoms with van der Waals surface area (Å²) in [5.74, 6) is -0.168. The minimum absolute atomic E-state index is 0.0248. The largest absolute Gasteiger partial charge is 0.392 e. The van der Waals surface area contributed by atoms with Crippen molar-refractivity contribution in [3.8, 4) is 0 Å². The third-order valence-electron chi connectivity index (χ3n) is 11.1. The van der Waals surface area contributed by atoms with E-state index in [2.05, 4.69) is 11.8 Å². The molecule has 31 heavy (non-hydrogen) atoms. The number of aliphatic hydroxyl groups excluding tert-OH is 2. The summed E-state index contributed by atoms with van der Waals surface area (Å²) in [6.45, 7) is 4.63. The fourth-order valence-electron chi connectivity index (χ4n) is 10.7. The van der Waals surface area contributed by atoms with Crippen LogP contribution in [0.1, 0.15) is 32.6 Å². The Hall–Kier alpha value is -0.280. The van der Waals surface area contributed by atoms with Gasteiger partial charge in [-0.15, -0.1) is 0 Å². The summed E-state index contributed by atoms with van der Waals surface area (Å²) < 4.78 is 18.0. The second kappa shape index (κ2) is 6.65. The normalized spacial score (nSPS) is 61.6. The SMILES string of the molecule is CCN1C[C@]2(COC)CC[C@H](O)[C@@]34[C@@H]5C[C@H]6[C@H](O)[C@@H]5[C@](O)(C[C@@H]6OC)[C@@H]([C@H](OC)[C@H]23)[C@H]14. The molecule has 176 valence electrons. The van der Waals surface area contributed by atoms with E-state index in [4.69, 9.17) is 14.2 Å². The first-order valence-electron chi connectivity index (χ1n) is 12.2. The van der Waals surface area contributed by atoms with Crippen LogP contribution in [0.25, 0.3) is 0 Å². The molecule has 7 bridgehead atoms. The van der Waals surface area contributed by atoms with Crippen molar-refractivity contribution >= 4 is 0 Å². The number of aliphatic hydroxyl groups is 3. The van der Waals surface area contributed by atoms with Gasteiger partial charge in [0.2, 0.25) is 0 Å². The highest BCUT2D eigenvalue weighted by molar-refractivity contribution is 5.35. The number of rotatable bonds is 5. The first-order chi connectivity index (χ1) is 14.9. The molecule has 3 N–H and O–H groups in total. The molecule has 0 aromatic heterocycles. The van der Waals surface area contributed by atoms with Crippen molar-refractivity contribution in [3.63, 3.8) is 0 Å². The lowest BCUT2D eigenvalue weighted by atomic mass is 9.43. The Morgan fingerprint density at radius 3 is 2.52 bits per heavy atom. The van der Waals surface area contributed by atoms with Crippen molar-refractivity contribution in [2.45, 2.75) is 68.7 Å². The van der Waals surface area contributed by atoms with Crippen LogP contribution in [0.3, 0.4) is 0 Å². The van der Waals surface area contributed by atoms with E-state index in [-0.39, 0.29) is 58.7 Å². The molecule has 13 atom stereocenters. The number of piperidine rings is 1. The zero-order valence-corrected chi connectivity index (χ0v) is 19.2. The smallest absolute Gasteiger partial charge is 0.0796 e. The number of hydrogen-bond donors (Lipinski definition) is 3. The highest BCUT2D eigenvalue weighted by atomic mass is 16.5. The molecule has 5 saturated carbocycles. The molecule has 1 saturated heterocycles. The van der Waals surface area contributed by atoms with Crippen molar-refractivity contribution in [3.05, 3.63) is 0 Å². The lowest BCUT2D eigenvalue weighted by molar-refractivity contribution is -0.272. The molecule has 0 radical (unpaired) electrons. The van der Waals surface area contributed by atoms with E-state index in [0.717, 1.165) is 32.4 Å². The van der Waals surface area contributed by atoms with Crippen LogP contribution in [0, 0.1) is 40.4 Å². The Bertz CT molecular complexity index is 752. The Morgan fingerprint density at radius 2 is 1.87 bits per heavy atom. The maximum Gasteiger partial charge on any atom is 0.0796 e. The summed E-state index contributed by atoms with van der Waals surface area (Å²) in [7, 11) is 5.24. The second-order valence-electron chi connectivity index (χ2n) is 11.6. The molecule has 0 aromatic rings. The quantitative estimate of drug-likeness (QED) is 0.577. The average Bonchev–Trinajstić information content (AvgIpc) is 3.16. The van der Waals surface area contributed by atoms with Gasteiger partial charge in [-0.3, -0.25) is 4.90 Å². The van der Waals surface area contributed by atoms with Crippen molar-refractivity contribution in [1.29, 1.82) is 0 Å². The van der Waals surface area contributed by atoms with Crippen LogP contribution in [0.2, 0.25) is 0 Å². The number of likely N-dealkylation sites (tertiary alicyclic amines) is 1. The first kappa shape index (κ1) is 21.3. The number of nitrogens with zero attached hydrogens (tertiary/aromatic N) is 1. The standard InChI is InChI=1S/C24H39NO6/c1-5-25-10-22(11-29-2)7-6-15(26)24-13-8-12-14(30-3)9-23(28,16(13)18(12)27)17(21(24)25)19(31-4)20(22)24/h12-21,26-28H,5-11H2,1-4H3/t12-,13-,14+,15+,16-,17+,18+,19+,20-,21+,22+,23-,24+/m1/s1. The number of fused-ring (bicyclic) bond motifs is 2. The van der Waals surface area contributed by atoms with Crippen molar-refractivity contribution in [2.24, 2.45) is 40.4 Å². The summed E-state index contributed by atoms with van der Waals surface area (Å²) in [5, 5.41) is 35.7. The van der Waals surface area contributed by atoms with E-state index in [0.29, 0.717) is 13.0 Å². The number of ether oxygens (including phenoxy) is 3. The molecule has 6 fully saturated rings. The van der Waals surface area contributed by atoms with Crippen molar-refractivity contribution in [1.82, 2.24) is 4.90 Å². The molecule has 7 heteroatoms. The summed E-state index contributed by atoms with van der Waals surface area (Å²) >= 11 is 0. The van der Waals surface area contributed by atoms with Gasteiger partial charge in [0, 0.05) is 74.8 Å². The molecule has 5 aliphatic carbocycles. The summed E-state index contributed by atoms with van der Waals surface area (Å²) in [4.78, 5) is 2.52. The van der Waals surface area contributed by atoms with Gasteiger partial charge >= 0.3 is 0 Å². The highest BCUT2D eigenvalue weighted by Crippen LogP contribution is 2.79. The maximum absolute atomic E-state index is 12.5. The van der Waals surface area contributed by atoms with Gasteiger partial charge in [-0.1, -0.05) is 6.92 Å². The molecule has 6 rings (SSSR count). The van der Waals surface area contributed by atoms with Gasteiger partial charge in [-0.05, 0) is 31.7 Å². The molecule has 1 heterocycles. The molecule has 6 aliphatic rings. The van der Waals surface area contributed by atoms with Gasteiger partial charge in [0.05, 0.1) is 36.6 Å². The van der Waals surface area contributed by atoms with Crippen LogP contribution in [0.15, 0.2) is 0 Å². The van der Waals surface area contributed by atoms with Gasteiger partial charge in [-0.2, -0.15) is 0 Å². The van der Waals surface area contributed by atoms with Crippen LogP contribution in [-0.4, -0.2) is 97.3 Å². The van der Waals surface area contributed by atoms with Gasteiger partial charge in [0.25, 0.3) is 0 Å². The molecule has 1 aliphatic heterocycles. The lowest BCUT2D eigenvalue weighted by Crippen LogP contribution is -2.76. The van der Waals surface area contributed by atoms with E-state index >= 15 is 0 Å². The minimum atomic E-state index is -1.05. The number of hydrogen-bond acceptors (Lipinski definition) is 7. The molecule has 0 unspecified atom stereocenters. The molecule has 0 aromatic carbocycles. The second-order valence-corrected chi connectivity index (χ2v) is 11.6. The van der Waals surface area contributed by atoms with E-state index in [1.165, 1.54) is 0 Å². The molecular formula is C24H39NO6. The van der Waals surface area contributed by atoms with Gasteiger partial charge < -0.3 is 29.5 Å². The van der Waals surface area contributed by atoms with Crippen molar-refractivity contribution in [2.75, 3.05) is 41.0 Å².